The summed E-state index contributed by atoms with van der Waals surface area (Å²) in [5.41, 5.74) is -0.513. The van der Waals surface area contributed by atoms with Crippen LogP contribution in [0.4, 0.5) is 4.79 Å². The Bertz CT molecular complexity index is 225. The summed E-state index contributed by atoms with van der Waals surface area (Å²) in [6, 6.07) is 0. The van der Waals surface area contributed by atoms with Crippen molar-refractivity contribution in [2.45, 2.75) is 39.2 Å². The highest BCUT2D eigenvalue weighted by Gasteiger charge is 2.19. The summed E-state index contributed by atoms with van der Waals surface area (Å²) >= 11 is 0. The molecule has 0 aromatic heterocycles. The lowest BCUT2D eigenvalue weighted by Crippen LogP contribution is -2.41. The van der Waals surface area contributed by atoms with Crippen LogP contribution in [0, 0.1) is 12.3 Å². The molecule has 0 unspecified atom stereocenters. The van der Waals surface area contributed by atoms with Crippen molar-refractivity contribution in [1.82, 2.24) is 5.01 Å². The Kier molecular flexibility index (Phi) is 5.03. The predicted octanol–water partition coefficient (Wildman–Crippen LogP) is 1.51. The van der Waals surface area contributed by atoms with Gasteiger partial charge in [0.05, 0.1) is 0 Å². The van der Waals surface area contributed by atoms with Crippen molar-refractivity contribution in [2.75, 3.05) is 6.54 Å². The average molecular weight is 198 g/mol. The number of hydrogen-bond acceptors (Lipinski definition) is 3. The number of hydrogen-bond donors (Lipinski definition) is 1. The van der Waals surface area contributed by atoms with Gasteiger partial charge in [0.1, 0.15) is 5.60 Å². The van der Waals surface area contributed by atoms with Crippen LogP contribution in [0.15, 0.2) is 0 Å². The Balaban J connectivity index is 3.84. The lowest BCUT2D eigenvalue weighted by molar-refractivity contribution is 0.0246. The summed E-state index contributed by atoms with van der Waals surface area (Å²) < 4.78 is 5.04. The fourth-order valence-electron chi connectivity index (χ4n) is 0.763. The van der Waals surface area contributed by atoms with Gasteiger partial charge >= 0.3 is 6.09 Å². The lowest BCUT2D eigenvalue weighted by Gasteiger charge is -2.23. The molecule has 0 atom stereocenters. The molecule has 0 aliphatic rings. The number of carbonyl (C=O) groups excluding carboxylic acids is 1. The topological polar surface area (TPSA) is 55.6 Å². The molecule has 4 heteroatoms. The molecular weight excluding hydrogens is 180 g/mol. The minimum Gasteiger partial charge on any atom is -0.443 e. The Labute approximate surface area is 85.4 Å². The van der Waals surface area contributed by atoms with Crippen LogP contribution in [0.1, 0.15) is 33.6 Å². The second-order valence-corrected chi connectivity index (χ2v) is 3.98. The van der Waals surface area contributed by atoms with Crippen LogP contribution in [0.25, 0.3) is 0 Å². The molecule has 1 amide bonds. The first-order valence-corrected chi connectivity index (χ1v) is 4.55. The predicted molar refractivity (Wildman–Crippen MR) is 55.2 cm³/mol. The summed E-state index contributed by atoms with van der Waals surface area (Å²) in [7, 11) is 0. The van der Waals surface area contributed by atoms with Crippen LogP contribution in [0.3, 0.4) is 0 Å². The van der Waals surface area contributed by atoms with E-state index in [2.05, 4.69) is 5.92 Å². The third-order valence-corrected chi connectivity index (χ3v) is 1.35. The first-order chi connectivity index (χ1) is 6.37. The van der Waals surface area contributed by atoms with E-state index < -0.39 is 11.7 Å². The van der Waals surface area contributed by atoms with Crippen LogP contribution in [-0.2, 0) is 4.74 Å². The number of carbonyl (C=O) groups is 1. The van der Waals surface area contributed by atoms with Crippen molar-refractivity contribution in [3.63, 3.8) is 0 Å². The molecule has 0 spiro atoms. The Hall–Kier alpha value is -1.21. The van der Waals surface area contributed by atoms with E-state index in [1.165, 1.54) is 0 Å². The van der Waals surface area contributed by atoms with Gasteiger partial charge in [-0.1, -0.05) is 0 Å². The minimum absolute atomic E-state index is 0.416. The molecule has 0 saturated heterocycles. The molecule has 4 nitrogen and oxygen atoms in total. The fourth-order valence-corrected chi connectivity index (χ4v) is 0.763. The monoisotopic (exact) mass is 198 g/mol. The summed E-state index contributed by atoms with van der Waals surface area (Å²) in [5.74, 6) is 7.93. The van der Waals surface area contributed by atoms with E-state index in [1.54, 1.807) is 20.8 Å². The maximum absolute atomic E-state index is 11.3. The highest BCUT2D eigenvalue weighted by Crippen LogP contribution is 2.08. The summed E-state index contributed by atoms with van der Waals surface area (Å²) in [5, 5.41) is 1.04. The standard InChI is InChI=1S/C10H18N2O2/c1-5-6-7-8-12(11)9(13)14-10(2,3)4/h1H,6-8,11H2,2-4H3. The lowest BCUT2D eigenvalue weighted by atomic mass is 10.2. The van der Waals surface area contributed by atoms with E-state index in [0.29, 0.717) is 19.4 Å². The number of nitrogens with two attached hydrogens (primary N) is 1. The van der Waals surface area contributed by atoms with Crippen molar-refractivity contribution in [3.8, 4) is 12.3 Å². The molecule has 80 valence electrons. The van der Waals surface area contributed by atoms with Gasteiger partial charge in [0.25, 0.3) is 0 Å². The number of ether oxygens (including phenoxy) is 1. The van der Waals surface area contributed by atoms with Gasteiger partial charge in [-0.3, -0.25) is 0 Å². The molecule has 14 heavy (non-hydrogen) atoms. The average Bonchev–Trinajstić information content (AvgIpc) is 2.01. The first kappa shape index (κ1) is 12.8. The highest BCUT2D eigenvalue weighted by atomic mass is 16.6. The van der Waals surface area contributed by atoms with Crippen LogP contribution in [-0.4, -0.2) is 23.2 Å². The van der Waals surface area contributed by atoms with Gasteiger partial charge in [0.15, 0.2) is 0 Å². The maximum atomic E-state index is 11.3. The van der Waals surface area contributed by atoms with Crippen LogP contribution < -0.4 is 5.84 Å². The van der Waals surface area contributed by atoms with Gasteiger partial charge in [-0.15, -0.1) is 12.3 Å². The van der Waals surface area contributed by atoms with Crippen molar-refractivity contribution >= 4 is 6.09 Å². The molecule has 0 rings (SSSR count). The maximum Gasteiger partial charge on any atom is 0.424 e. The summed E-state index contributed by atoms with van der Waals surface area (Å²) in [6.07, 6.45) is 5.84. The second-order valence-electron chi connectivity index (χ2n) is 3.98. The largest absolute Gasteiger partial charge is 0.443 e. The number of hydrazine groups is 1. The molecule has 0 aliphatic heterocycles. The molecular formula is C10H18N2O2. The Morgan fingerprint density at radius 2 is 2.14 bits per heavy atom. The molecule has 0 aromatic rings. The van der Waals surface area contributed by atoms with Crippen LogP contribution >= 0.6 is 0 Å². The molecule has 0 heterocycles. The van der Waals surface area contributed by atoms with Crippen molar-refractivity contribution < 1.29 is 9.53 Å². The van der Waals surface area contributed by atoms with Gasteiger partial charge in [-0.25, -0.2) is 15.6 Å². The zero-order chi connectivity index (χ0) is 11.2. The minimum atomic E-state index is -0.519. The van der Waals surface area contributed by atoms with E-state index in [9.17, 15) is 4.79 Å². The zero-order valence-corrected chi connectivity index (χ0v) is 9.04. The fraction of sp³-hybridized carbons (Fsp3) is 0.700. The molecule has 0 bridgehead atoms. The van der Waals surface area contributed by atoms with Gasteiger partial charge in [0.2, 0.25) is 0 Å². The molecule has 0 aromatic carbocycles. The molecule has 0 radical (unpaired) electrons. The number of rotatable bonds is 3. The highest BCUT2D eigenvalue weighted by molar-refractivity contribution is 5.67. The molecule has 0 saturated carbocycles. The van der Waals surface area contributed by atoms with E-state index in [0.717, 1.165) is 5.01 Å². The van der Waals surface area contributed by atoms with Crippen molar-refractivity contribution in [2.24, 2.45) is 5.84 Å². The Morgan fingerprint density at radius 1 is 1.57 bits per heavy atom. The molecule has 0 aliphatic carbocycles. The summed E-state index contributed by atoms with van der Waals surface area (Å²) in [4.78, 5) is 11.3. The second kappa shape index (κ2) is 5.51. The smallest absolute Gasteiger partial charge is 0.424 e. The number of amides is 1. The van der Waals surface area contributed by atoms with Crippen LogP contribution in [0.2, 0.25) is 0 Å². The Morgan fingerprint density at radius 3 is 2.57 bits per heavy atom. The van der Waals surface area contributed by atoms with Crippen molar-refractivity contribution in [3.05, 3.63) is 0 Å². The summed E-state index contributed by atoms with van der Waals surface area (Å²) in [6.45, 7) is 5.79. The first-order valence-electron chi connectivity index (χ1n) is 4.55. The number of terminal acetylenes is 1. The van der Waals surface area contributed by atoms with Crippen LogP contribution in [0.5, 0.6) is 0 Å². The van der Waals surface area contributed by atoms with Gasteiger partial charge in [0, 0.05) is 13.0 Å². The van der Waals surface area contributed by atoms with Gasteiger partial charge in [-0.05, 0) is 27.2 Å². The molecule has 0 fully saturated rings. The van der Waals surface area contributed by atoms with Gasteiger partial charge in [-0.2, -0.15) is 0 Å². The van der Waals surface area contributed by atoms with Gasteiger partial charge < -0.3 is 4.74 Å². The SMILES string of the molecule is C#CCCCN(N)C(=O)OC(C)(C)C. The third kappa shape index (κ3) is 6.32. The third-order valence-electron chi connectivity index (χ3n) is 1.35. The number of unbranched alkanes of at least 4 members (excludes halogenated alkanes) is 1. The zero-order valence-electron chi connectivity index (χ0n) is 9.04. The quantitative estimate of drug-likeness (QED) is 0.246. The van der Waals surface area contributed by atoms with Crippen molar-refractivity contribution in [1.29, 1.82) is 0 Å². The van der Waals surface area contributed by atoms with E-state index in [4.69, 9.17) is 17.0 Å². The van der Waals surface area contributed by atoms with E-state index in [-0.39, 0.29) is 0 Å². The number of nitrogens with zero attached hydrogens (tertiary/aromatic N) is 1. The normalized spacial score (nSPS) is 10.5. The van der Waals surface area contributed by atoms with E-state index >= 15 is 0 Å². The van der Waals surface area contributed by atoms with E-state index in [1.807, 2.05) is 0 Å². The molecule has 2 N–H and O–H groups in total.